The first-order valence-corrected chi connectivity index (χ1v) is 27.2. The van der Waals surface area contributed by atoms with Crippen LogP contribution in [0.4, 0.5) is 17.1 Å². The number of hydrogen-bond acceptors (Lipinski definition) is 15. The van der Waals surface area contributed by atoms with Crippen molar-refractivity contribution in [3.05, 3.63) is 100 Å². The number of ether oxygens (including phenoxy) is 2. The molecule has 1 spiro atoms. The van der Waals surface area contributed by atoms with Crippen molar-refractivity contribution in [3.63, 3.8) is 0 Å². The highest BCUT2D eigenvalue weighted by Crippen LogP contribution is 2.54. The molecule has 2 atom stereocenters. The maximum absolute atomic E-state index is 14.1. The van der Waals surface area contributed by atoms with Crippen molar-refractivity contribution < 1.29 is 40.6 Å². The third-order valence-electron chi connectivity index (χ3n) is 15.4. The van der Waals surface area contributed by atoms with Gasteiger partial charge in [-0.3, -0.25) is 24.4 Å². The monoisotopic (exact) mass is 1010 g/mol. The number of anilines is 2. The first kappa shape index (κ1) is 48.7. The minimum absolute atomic E-state index is 0.00214. The second kappa shape index (κ2) is 19.3. The average Bonchev–Trinajstić information content (AvgIpc) is 4.03. The molecule has 3 saturated heterocycles. The number of H-pyrrole nitrogens is 1. The van der Waals surface area contributed by atoms with Crippen LogP contribution in [0.2, 0.25) is 0 Å². The van der Waals surface area contributed by atoms with E-state index in [0.29, 0.717) is 67.6 Å². The number of nitro groups is 1. The predicted octanol–water partition coefficient (Wildman–Crippen LogP) is 6.86. The van der Waals surface area contributed by atoms with Crippen molar-refractivity contribution in [3.8, 4) is 17.2 Å². The number of fused-ring (bicyclic) bond motifs is 2. The minimum Gasteiger partial charge on any atom is -0.489 e. The Labute approximate surface area is 413 Å². The number of nitro benzene ring substituents is 1. The molecule has 10 rings (SSSR count). The molecule has 22 heteroatoms. The Morgan fingerprint density at radius 3 is 2.51 bits per heavy atom. The molecule has 4 fully saturated rings. The van der Waals surface area contributed by atoms with Gasteiger partial charge < -0.3 is 29.6 Å². The number of likely N-dealkylation sites (tertiary alicyclic amines) is 2. The number of amides is 1. The summed E-state index contributed by atoms with van der Waals surface area (Å²) in [7, 11) is -7.75. The fourth-order valence-electron chi connectivity index (χ4n) is 11.5. The fourth-order valence-corrected chi connectivity index (χ4v) is 13.1. The minimum atomic E-state index is -4.75. The Kier molecular flexibility index (Phi) is 13.2. The van der Waals surface area contributed by atoms with Crippen molar-refractivity contribution in [1.29, 1.82) is 0 Å². The number of nitrogens with one attached hydrogen (secondary N) is 3. The van der Waals surface area contributed by atoms with Crippen LogP contribution in [-0.2, 0) is 20.3 Å². The van der Waals surface area contributed by atoms with E-state index in [9.17, 15) is 36.3 Å². The molecule has 3 aromatic heterocycles. The van der Waals surface area contributed by atoms with Gasteiger partial charge in [-0.2, -0.15) is 12.7 Å². The highest BCUT2D eigenvalue weighted by atomic mass is 32.2. The van der Waals surface area contributed by atoms with Crippen LogP contribution < -0.4 is 24.4 Å². The molecule has 20 nitrogen and oxygen atoms in total. The van der Waals surface area contributed by atoms with Crippen molar-refractivity contribution in [2.45, 2.75) is 100 Å². The van der Waals surface area contributed by atoms with Gasteiger partial charge in [0.15, 0.2) is 22.9 Å². The molecular weight excluding hydrogens is 953 g/mol. The summed E-state index contributed by atoms with van der Waals surface area (Å²) in [6.07, 6.45) is 12.4. The van der Waals surface area contributed by atoms with Crippen molar-refractivity contribution in [2.75, 3.05) is 63.1 Å². The van der Waals surface area contributed by atoms with Crippen LogP contribution in [0.3, 0.4) is 0 Å². The predicted molar refractivity (Wildman–Crippen MR) is 266 cm³/mol. The number of rotatable bonds is 14. The summed E-state index contributed by atoms with van der Waals surface area (Å²) in [5.41, 5.74) is 3.63. The Hall–Kier alpha value is -5.91. The maximum Gasteiger partial charge on any atom is 0.335 e. The van der Waals surface area contributed by atoms with Crippen LogP contribution in [-0.4, -0.2) is 132 Å². The second-order valence-corrected chi connectivity index (χ2v) is 23.3. The Morgan fingerprint density at radius 2 is 1.77 bits per heavy atom. The molecule has 378 valence electrons. The van der Waals surface area contributed by atoms with E-state index >= 15 is 0 Å². The lowest BCUT2D eigenvalue weighted by molar-refractivity contribution is -0.384. The van der Waals surface area contributed by atoms with E-state index in [1.807, 2.05) is 6.07 Å². The van der Waals surface area contributed by atoms with Gasteiger partial charge in [0.25, 0.3) is 21.6 Å². The summed E-state index contributed by atoms with van der Waals surface area (Å²) in [4.78, 5) is 44.2. The van der Waals surface area contributed by atoms with Gasteiger partial charge in [0.1, 0.15) is 18.0 Å². The molecule has 1 aliphatic carbocycles. The maximum atomic E-state index is 14.1. The highest BCUT2D eigenvalue weighted by Gasteiger charge is 2.50. The summed E-state index contributed by atoms with van der Waals surface area (Å²) in [5.74, 6) is -0.416. The second-order valence-electron chi connectivity index (χ2n) is 20.1. The number of aromatic nitrogens is 3. The zero-order valence-electron chi connectivity index (χ0n) is 40.0. The van der Waals surface area contributed by atoms with Gasteiger partial charge in [0.2, 0.25) is 0 Å². The molecule has 5 aromatic rings. The van der Waals surface area contributed by atoms with Crippen molar-refractivity contribution in [2.24, 2.45) is 5.41 Å². The molecule has 1 amide bonds. The quantitative estimate of drug-likeness (QED) is 0.0504. The first-order chi connectivity index (χ1) is 33.9. The zero-order valence-corrected chi connectivity index (χ0v) is 41.6. The molecule has 1 saturated carbocycles. The topological polar surface area (TPSA) is 246 Å². The van der Waals surface area contributed by atoms with Crippen LogP contribution in [0.5, 0.6) is 17.2 Å². The van der Waals surface area contributed by atoms with E-state index in [2.05, 4.69) is 77.8 Å². The van der Waals surface area contributed by atoms with E-state index in [1.54, 1.807) is 24.5 Å². The van der Waals surface area contributed by atoms with Gasteiger partial charge in [-0.25, -0.2) is 23.1 Å². The zero-order chi connectivity index (χ0) is 49.8. The van der Waals surface area contributed by atoms with E-state index in [4.69, 9.17) is 9.47 Å². The highest BCUT2D eigenvalue weighted by molar-refractivity contribution is 7.90. The molecule has 0 radical (unpaired) electrons. The third kappa shape index (κ3) is 10.0. The number of carbonyl (C=O) groups excluding carboxylic acids is 1. The molecule has 2 aromatic carbocycles. The number of sulfonamides is 1. The summed E-state index contributed by atoms with van der Waals surface area (Å²) in [6.45, 7) is 8.67. The SMILES string of the molecule is CC(C)c1ccccc1[C@@H]1CCCN1C1CC2(CCN(c3cnc(C(=O)NS(=O)(=O)c4cc5c(c([N+](=O)[O-])c4)N[C@@H](CN4CCC(N(C)S(=O)(=O)O)CC4)CO5)c(Oc4cnc5[nH]ccc5c4)c3)CC2)C1. The Bertz CT molecular complexity index is 3060. The summed E-state index contributed by atoms with van der Waals surface area (Å²) in [6, 6.07) is 16.4. The molecular formula is C49H60N10O10S2. The smallest absolute Gasteiger partial charge is 0.335 e. The van der Waals surface area contributed by atoms with Gasteiger partial charge >= 0.3 is 10.3 Å². The van der Waals surface area contributed by atoms with Crippen LogP contribution in [0.25, 0.3) is 11.0 Å². The Balaban J connectivity index is 0.828. The molecule has 71 heavy (non-hydrogen) atoms. The molecule has 5 aliphatic rings. The van der Waals surface area contributed by atoms with Crippen LogP contribution >= 0.6 is 0 Å². The van der Waals surface area contributed by atoms with Crippen LogP contribution in [0.15, 0.2) is 78.1 Å². The van der Waals surface area contributed by atoms with Crippen LogP contribution in [0.1, 0.15) is 98.8 Å². The third-order valence-corrected chi connectivity index (χ3v) is 17.8. The molecule has 4 aliphatic heterocycles. The van der Waals surface area contributed by atoms with Gasteiger partial charge in [-0.1, -0.05) is 38.1 Å². The summed E-state index contributed by atoms with van der Waals surface area (Å²) < 4.78 is 75.9. The number of piperidine rings is 2. The van der Waals surface area contributed by atoms with Crippen molar-refractivity contribution >= 4 is 54.3 Å². The number of nitrogens with zero attached hydrogens (tertiary/aromatic N) is 7. The number of pyridine rings is 2. The van der Waals surface area contributed by atoms with E-state index < -0.39 is 47.8 Å². The lowest BCUT2D eigenvalue weighted by Gasteiger charge is -2.56. The van der Waals surface area contributed by atoms with E-state index in [0.717, 1.165) is 67.1 Å². The molecule has 0 bridgehead atoms. The Morgan fingerprint density at radius 1 is 1.01 bits per heavy atom. The van der Waals surface area contributed by atoms with Crippen LogP contribution in [0, 0.1) is 15.5 Å². The number of benzene rings is 2. The lowest BCUT2D eigenvalue weighted by Crippen LogP contribution is -2.55. The molecule has 7 heterocycles. The molecule has 4 N–H and O–H groups in total. The van der Waals surface area contributed by atoms with Gasteiger partial charge in [-0.15, -0.1) is 0 Å². The van der Waals surface area contributed by atoms with E-state index in [-0.39, 0.29) is 40.9 Å². The largest absolute Gasteiger partial charge is 0.489 e. The lowest BCUT2D eigenvalue weighted by atomic mass is 9.59. The van der Waals surface area contributed by atoms with Crippen molar-refractivity contribution in [1.82, 2.24) is 33.8 Å². The summed E-state index contributed by atoms with van der Waals surface area (Å²) >= 11 is 0. The first-order valence-electron chi connectivity index (χ1n) is 24.4. The number of aromatic amines is 1. The standard InChI is InChI=1S/C49H60N10O10S2/c1-31(2)39-7-4-5-8-40(39)41-9-6-16-58(41)36-25-49(26-36)13-19-57(20-14-49)35-22-44(69-37-21-32-10-15-50-47(32)52-28-37)46(51-27-35)48(60)54-70(63,64)38-23-42(59(61)62)45-43(24-38)68-30-33(53-45)29-56-17-11-34(12-18-56)55(3)71(65,66)67/h4-5,7-8,10,15,21-24,27-28,31,33-34,36,41,53H,6,9,11-14,16-20,25-26,29-30H2,1-3H3,(H,50,52)(H,54,60)(H,65,66,67)/t33-,41-/m0/s1. The van der Waals surface area contributed by atoms with Gasteiger partial charge in [-0.05, 0) is 106 Å². The summed E-state index contributed by atoms with van der Waals surface area (Å²) in [5, 5.41) is 16.3. The van der Waals surface area contributed by atoms with E-state index in [1.165, 1.54) is 37.2 Å². The number of hydrogen-bond donors (Lipinski definition) is 4. The molecule has 0 unspecified atom stereocenters. The van der Waals surface area contributed by atoms with Gasteiger partial charge in [0, 0.05) is 74.6 Å². The average molecular weight is 1010 g/mol. The number of carbonyl (C=O) groups is 1. The van der Waals surface area contributed by atoms with Gasteiger partial charge in [0.05, 0.1) is 33.9 Å². The normalized spacial score (nSPS) is 21.2. The fraction of sp³-hybridized carbons (Fsp3) is 0.490.